The fourth-order valence-electron chi connectivity index (χ4n) is 2.70. The summed E-state index contributed by atoms with van der Waals surface area (Å²) in [5.74, 6) is -0.434. The molecule has 108 valence electrons. The highest BCUT2D eigenvalue weighted by Crippen LogP contribution is 2.33. The van der Waals surface area contributed by atoms with Gasteiger partial charge in [-0.25, -0.2) is 4.39 Å². The van der Waals surface area contributed by atoms with Gasteiger partial charge in [0.05, 0.1) is 5.69 Å². The number of fused-ring (bicyclic) bond motifs is 1. The van der Waals surface area contributed by atoms with Crippen LogP contribution in [0.15, 0.2) is 42.5 Å². The van der Waals surface area contributed by atoms with Gasteiger partial charge in [0.25, 0.3) is 0 Å². The van der Waals surface area contributed by atoms with E-state index in [2.05, 4.69) is 10.6 Å². The summed E-state index contributed by atoms with van der Waals surface area (Å²) < 4.78 is 13.7. The number of hydrogen-bond acceptors (Lipinski definition) is 2. The smallest absolute Gasteiger partial charge is 0.225 e. The number of halogens is 1. The third-order valence-electron chi connectivity index (χ3n) is 3.77. The van der Waals surface area contributed by atoms with Gasteiger partial charge >= 0.3 is 0 Å². The molecule has 2 N–H and O–H groups in total. The lowest BCUT2D eigenvalue weighted by Gasteiger charge is -2.11. The van der Waals surface area contributed by atoms with Crippen molar-refractivity contribution in [1.29, 1.82) is 0 Å². The summed E-state index contributed by atoms with van der Waals surface area (Å²) in [6.07, 6.45) is 0.345. The zero-order valence-corrected chi connectivity index (χ0v) is 11.8. The maximum Gasteiger partial charge on any atom is 0.225 e. The predicted octanol–water partition coefficient (Wildman–Crippen LogP) is 3.67. The van der Waals surface area contributed by atoms with Gasteiger partial charge in [0.2, 0.25) is 5.91 Å². The number of benzene rings is 2. The largest absolute Gasteiger partial charge is 0.384 e. The molecule has 4 heteroatoms. The Kier molecular flexibility index (Phi) is 3.60. The van der Waals surface area contributed by atoms with Crippen molar-refractivity contribution < 1.29 is 9.18 Å². The second-order valence-corrected chi connectivity index (χ2v) is 5.40. The Morgan fingerprint density at radius 3 is 3.00 bits per heavy atom. The summed E-state index contributed by atoms with van der Waals surface area (Å²) in [4.78, 5) is 12.1. The lowest BCUT2D eigenvalue weighted by molar-refractivity contribution is -0.116. The average molecular weight is 284 g/mol. The van der Waals surface area contributed by atoms with E-state index < -0.39 is 5.82 Å². The lowest BCUT2D eigenvalue weighted by Crippen LogP contribution is -2.17. The van der Waals surface area contributed by atoms with Crippen molar-refractivity contribution in [2.75, 3.05) is 17.2 Å². The number of rotatable bonds is 3. The molecule has 2 aromatic carbocycles. The minimum absolute atomic E-state index is 0.133. The number of amides is 1. The van der Waals surface area contributed by atoms with Crippen LogP contribution in [-0.4, -0.2) is 12.5 Å². The molecule has 0 aliphatic carbocycles. The Morgan fingerprint density at radius 2 is 2.14 bits per heavy atom. The standard InChI is InChI=1S/C17H17FN2O/c1-11-6-7-14(18)16(8-11)20-17(21)9-12-10-19-15-5-3-2-4-13(12)15/h2-8,12,19H,9-10H2,1H3,(H,20,21). The van der Waals surface area contributed by atoms with Gasteiger partial charge in [0, 0.05) is 24.6 Å². The number of carbonyl (C=O) groups is 1. The van der Waals surface area contributed by atoms with Crippen LogP contribution in [0.5, 0.6) is 0 Å². The predicted molar refractivity (Wildman–Crippen MR) is 82.1 cm³/mol. The second-order valence-electron chi connectivity index (χ2n) is 5.40. The van der Waals surface area contributed by atoms with Crippen LogP contribution in [0.1, 0.15) is 23.5 Å². The molecule has 2 aromatic rings. The van der Waals surface area contributed by atoms with E-state index in [1.807, 2.05) is 31.2 Å². The molecule has 3 nitrogen and oxygen atoms in total. The number of para-hydroxylation sites is 1. The molecule has 0 saturated carbocycles. The van der Waals surface area contributed by atoms with E-state index in [9.17, 15) is 9.18 Å². The molecule has 21 heavy (non-hydrogen) atoms. The van der Waals surface area contributed by atoms with Crippen LogP contribution in [0.3, 0.4) is 0 Å². The second kappa shape index (κ2) is 5.56. The molecule has 1 unspecified atom stereocenters. The molecule has 3 rings (SSSR count). The summed E-state index contributed by atoms with van der Waals surface area (Å²) in [6, 6.07) is 12.7. The number of anilines is 2. The molecular formula is C17H17FN2O. The molecule has 0 radical (unpaired) electrons. The van der Waals surface area contributed by atoms with Gasteiger partial charge in [-0.15, -0.1) is 0 Å². The minimum atomic E-state index is -0.404. The summed E-state index contributed by atoms with van der Waals surface area (Å²) in [5, 5.41) is 5.95. The van der Waals surface area contributed by atoms with Crippen molar-refractivity contribution in [3.05, 3.63) is 59.4 Å². The molecule has 1 aliphatic rings. The van der Waals surface area contributed by atoms with Crippen LogP contribution in [-0.2, 0) is 4.79 Å². The van der Waals surface area contributed by atoms with Crippen molar-refractivity contribution in [1.82, 2.24) is 0 Å². The summed E-state index contributed by atoms with van der Waals surface area (Å²) in [6.45, 7) is 2.61. The first-order chi connectivity index (χ1) is 10.1. The van der Waals surface area contributed by atoms with E-state index in [1.54, 1.807) is 12.1 Å². The molecule has 1 atom stereocenters. The van der Waals surface area contributed by atoms with Crippen molar-refractivity contribution in [3.63, 3.8) is 0 Å². The van der Waals surface area contributed by atoms with Crippen LogP contribution < -0.4 is 10.6 Å². The summed E-state index contributed by atoms with van der Waals surface area (Å²) in [7, 11) is 0. The number of aryl methyl sites for hydroxylation is 1. The van der Waals surface area contributed by atoms with Crippen molar-refractivity contribution in [3.8, 4) is 0 Å². The van der Waals surface area contributed by atoms with Gasteiger partial charge in [-0.3, -0.25) is 4.79 Å². The first kappa shape index (κ1) is 13.6. The Morgan fingerprint density at radius 1 is 1.33 bits per heavy atom. The van der Waals surface area contributed by atoms with Gasteiger partial charge in [0.15, 0.2) is 0 Å². The van der Waals surface area contributed by atoms with E-state index in [0.717, 1.165) is 23.4 Å². The number of nitrogens with one attached hydrogen (secondary N) is 2. The lowest BCUT2D eigenvalue weighted by atomic mass is 9.97. The van der Waals surface area contributed by atoms with Gasteiger partial charge in [-0.2, -0.15) is 0 Å². The minimum Gasteiger partial charge on any atom is -0.384 e. The van der Waals surface area contributed by atoms with Crippen molar-refractivity contribution >= 4 is 17.3 Å². The van der Waals surface area contributed by atoms with Crippen molar-refractivity contribution in [2.45, 2.75) is 19.3 Å². The van der Waals surface area contributed by atoms with E-state index in [1.165, 1.54) is 6.07 Å². The normalized spacial score (nSPS) is 16.2. The van der Waals surface area contributed by atoms with E-state index in [0.29, 0.717) is 6.42 Å². The Balaban J connectivity index is 1.69. The van der Waals surface area contributed by atoms with Gasteiger partial charge in [-0.1, -0.05) is 24.3 Å². The fraction of sp³-hybridized carbons (Fsp3) is 0.235. The highest BCUT2D eigenvalue weighted by Gasteiger charge is 2.24. The first-order valence-corrected chi connectivity index (χ1v) is 7.02. The molecule has 0 aromatic heterocycles. The zero-order chi connectivity index (χ0) is 14.8. The van der Waals surface area contributed by atoms with Gasteiger partial charge in [-0.05, 0) is 36.2 Å². The molecule has 1 amide bonds. The number of carbonyl (C=O) groups excluding carboxylic acids is 1. The molecule has 0 spiro atoms. The first-order valence-electron chi connectivity index (χ1n) is 7.02. The topological polar surface area (TPSA) is 41.1 Å². The molecule has 0 fully saturated rings. The Hall–Kier alpha value is -2.36. The molecule has 0 bridgehead atoms. The van der Waals surface area contributed by atoms with E-state index >= 15 is 0 Å². The zero-order valence-electron chi connectivity index (χ0n) is 11.8. The maximum atomic E-state index is 13.7. The third-order valence-corrected chi connectivity index (χ3v) is 3.77. The number of hydrogen-bond donors (Lipinski definition) is 2. The maximum absolute atomic E-state index is 13.7. The Labute approximate surface area is 123 Å². The molecule has 0 saturated heterocycles. The van der Waals surface area contributed by atoms with Crippen LogP contribution in [0.4, 0.5) is 15.8 Å². The monoisotopic (exact) mass is 284 g/mol. The van der Waals surface area contributed by atoms with Crippen molar-refractivity contribution in [2.24, 2.45) is 0 Å². The summed E-state index contributed by atoms with van der Waals surface area (Å²) in [5.41, 5.74) is 3.40. The quantitative estimate of drug-likeness (QED) is 0.903. The average Bonchev–Trinajstić information content (AvgIpc) is 2.86. The highest BCUT2D eigenvalue weighted by atomic mass is 19.1. The molecule has 1 aliphatic heterocycles. The summed E-state index contributed by atoms with van der Waals surface area (Å²) >= 11 is 0. The Bertz CT molecular complexity index is 684. The van der Waals surface area contributed by atoms with Crippen LogP contribution in [0, 0.1) is 12.7 Å². The fourth-order valence-corrected chi connectivity index (χ4v) is 2.70. The van der Waals surface area contributed by atoms with Crippen LogP contribution in [0.2, 0.25) is 0 Å². The van der Waals surface area contributed by atoms with Crippen LogP contribution in [0.25, 0.3) is 0 Å². The SMILES string of the molecule is Cc1ccc(F)c(NC(=O)CC2CNc3ccccc32)c1. The third kappa shape index (κ3) is 2.89. The van der Waals surface area contributed by atoms with Crippen LogP contribution >= 0.6 is 0 Å². The van der Waals surface area contributed by atoms with E-state index in [-0.39, 0.29) is 17.5 Å². The van der Waals surface area contributed by atoms with E-state index in [4.69, 9.17) is 0 Å². The molecule has 1 heterocycles. The highest BCUT2D eigenvalue weighted by molar-refractivity contribution is 5.91. The van der Waals surface area contributed by atoms with Gasteiger partial charge < -0.3 is 10.6 Å². The molecular weight excluding hydrogens is 267 g/mol. The van der Waals surface area contributed by atoms with Gasteiger partial charge in [0.1, 0.15) is 5.82 Å².